The average Bonchev–Trinajstić information content (AvgIpc) is 2.84. The molecule has 96 valence electrons. The van der Waals surface area contributed by atoms with E-state index in [0.29, 0.717) is 18.0 Å². The van der Waals surface area contributed by atoms with E-state index >= 15 is 0 Å². The zero-order valence-electron chi connectivity index (χ0n) is 9.76. The van der Waals surface area contributed by atoms with E-state index in [4.69, 9.17) is 17.0 Å². The SMILES string of the molecule is Cn1c(CC2(n3cc(Br)cn3)COC2)n[nH]c1=S. The number of halogens is 1. The van der Waals surface area contributed by atoms with Gasteiger partial charge < -0.3 is 9.30 Å². The van der Waals surface area contributed by atoms with Gasteiger partial charge >= 0.3 is 0 Å². The highest BCUT2D eigenvalue weighted by atomic mass is 79.9. The quantitative estimate of drug-likeness (QED) is 0.865. The first-order valence-corrected chi connectivity index (χ1v) is 6.69. The molecule has 0 saturated carbocycles. The van der Waals surface area contributed by atoms with E-state index in [2.05, 4.69) is 31.2 Å². The molecule has 2 aromatic rings. The fourth-order valence-corrected chi connectivity index (χ4v) is 2.48. The predicted octanol–water partition coefficient (Wildman–Crippen LogP) is 1.40. The third kappa shape index (κ3) is 1.84. The third-order valence-electron chi connectivity index (χ3n) is 3.24. The monoisotopic (exact) mass is 329 g/mol. The van der Waals surface area contributed by atoms with Crippen LogP contribution < -0.4 is 0 Å². The van der Waals surface area contributed by atoms with Gasteiger partial charge in [0.05, 0.1) is 23.9 Å². The van der Waals surface area contributed by atoms with Crippen molar-refractivity contribution < 1.29 is 4.74 Å². The minimum absolute atomic E-state index is 0.152. The van der Waals surface area contributed by atoms with Crippen LogP contribution in [0.1, 0.15) is 5.82 Å². The molecule has 0 spiro atoms. The van der Waals surface area contributed by atoms with Crippen molar-refractivity contribution in [1.29, 1.82) is 0 Å². The Labute approximate surface area is 117 Å². The van der Waals surface area contributed by atoms with Gasteiger partial charge in [-0.2, -0.15) is 10.2 Å². The van der Waals surface area contributed by atoms with Crippen LogP contribution in [0, 0.1) is 4.77 Å². The maximum absolute atomic E-state index is 5.37. The molecule has 2 aromatic heterocycles. The second kappa shape index (κ2) is 4.29. The van der Waals surface area contributed by atoms with Gasteiger partial charge in [-0.3, -0.25) is 9.78 Å². The number of nitrogens with one attached hydrogen (secondary N) is 1. The molecule has 0 aliphatic carbocycles. The fraction of sp³-hybridized carbons (Fsp3) is 0.500. The molecular formula is C10H12BrN5OS. The molecule has 0 aromatic carbocycles. The largest absolute Gasteiger partial charge is 0.376 e. The highest BCUT2D eigenvalue weighted by Crippen LogP contribution is 2.30. The number of hydrogen-bond donors (Lipinski definition) is 1. The van der Waals surface area contributed by atoms with Gasteiger partial charge in [-0.15, -0.1) is 0 Å². The summed E-state index contributed by atoms with van der Waals surface area (Å²) in [5, 5.41) is 11.4. The summed E-state index contributed by atoms with van der Waals surface area (Å²) in [7, 11) is 1.91. The fourth-order valence-electron chi connectivity index (χ4n) is 2.05. The Bertz CT molecular complexity index is 626. The van der Waals surface area contributed by atoms with Crippen molar-refractivity contribution in [3.05, 3.63) is 27.5 Å². The number of ether oxygens (including phenoxy) is 1. The maximum atomic E-state index is 5.37. The lowest BCUT2D eigenvalue weighted by molar-refractivity contribution is -0.108. The van der Waals surface area contributed by atoms with Crippen LogP contribution in [-0.2, 0) is 23.7 Å². The Morgan fingerprint density at radius 2 is 2.39 bits per heavy atom. The topological polar surface area (TPSA) is 60.7 Å². The van der Waals surface area contributed by atoms with Gasteiger partial charge in [-0.05, 0) is 28.1 Å². The van der Waals surface area contributed by atoms with Gasteiger partial charge in [-0.1, -0.05) is 0 Å². The molecule has 6 nitrogen and oxygen atoms in total. The highest BCUT2D eigenvalue weighted by molar-refractivity contribution is 9.10. The van der Waals surface area contributed by atoms with Gasteiger partial charge in [-0.25, -0.2) is 0 Å². The van der Waals surface area contributed by atoms with E-state index in [-0.39, 0.29) is 5.54 Å². The molecule has 3 rings (SSSR count). The molecule has 0 radical (unpaired) electrons. The van der Waals surface area contributed by atoms with Crippen LogP contribution in [0.5, 0.6) is 0 Å². The number of aromatic amines is 1. The summed E-state index contributed by atoms with van der Waals surface area (Å²) in [6.07, 6.45) is 4.48. The van der Waals surface area contributed by atoms with Crippen LogP contribution in [-0.4, -0.2) is 37.8 Å². The van der Waals surface area contributed by atoms with E-state index in [9.17, 15) is 0 Å². The first-order chi connectivity index (χ1) is 8.61. The van der Waals surface area contributed by atoms with Gasteiger partial charge in [0, 0.05) is 19.7 Å². The smallest absolute Gasteiger partial charge is 0.194 e. The number of aromatic nitrogens is 5. The van der Waals surface area contributed by atoms with Crippen LogP contribution in [0.2, 0.25) is 0 Å². The van der Waals surface area contributed by atoms with E-state index < -0.39 is 0 Å². The number of rotatable bonds is 3. The Kier molecular flexibility index (Phi) is 2.87. The molecule has 18 heavy (non-hydrogen) atoms. The molecule has 0 bridgehead atoms. The van der Waals surface area contributed by atoms with Crippen LogP contribution in [0.3, 0.4) is 0 Å². The molecule has 0 atom stereocenters. The molecular weight excluding hydrogens is 318 g/mol. The van der Waals surface area contributed by atoms with Crippen LogP contribution in [0.4, 0.5) is 0 Å². The standard InChI is InChI=1S/C10H12BrN5OS/c1-15-8(13-14-9(15)18)2-10(5-17-6-10)16-4-7(11)3-12-16/h3-4H,2,5-6H2,1H3,(H,14,18). The van der Waals surface area contributed by atoms with Gasteiger partial charge in [0.1, 0.15) is 11.4 Å². The van der Waals surface area contributed by atoms with E-state index in [1.807, 2.05) is 22.5 Å². The Balaban J connectivity index is 1.93. The van der Waals surface area contributed by atoms with Crippen molar-refractivity contribution in [3.63, 3.8) is 0 Å². The molecule has 1 aliphatic rings. The zero-order valence-corrected chi connectivity index (χ0v) is 12.2. The van der Waals surface area contributed by atoms with Gasteiger partial charge in [0.15, 0.2) is 4.77 Å². The van der Waals surface area contributed by atoms with E-state index in [1.165, 1.54) is 0 Å². The second-order valence-corrected chi connectivity index (χ2v) is 5.80. The summed E-state index contributed by atoms with van der Waals surface area (Å²) >= 11 is 8.54. The van der Waals surface area contributed by atoms with Crippen molar-refractivity contribution in [2.24, 2.45) is 7.05 Å². The van der Waals surface area contributed by atoms with Crippen molar-refractivity contribution in [2.75, 3.05) is 13.2 Å². The zero-order chi connectivity index (χ0) is 12.8. The van der Waals surface area contributed by atoms with E-state index in [1.54, 1.807) is 6.20 Å². The summed E-state index contributed by atoms with van der Waals surface area (Å²) in [6.45, 7) is 1.28. The second-order valence-electron chi connectivity index (χ2n) is 4.50. The van der Waals surface area contributed by atoms with E-state index in [0.717, 1.165) is 16.7 Å². The normalized spacial score (nSPS) is 17.7. The van der Waals surface area contributed by atoms with Gasteiger partial charge in [0.25, 0.3) is 0 Å². The maximum Gasteiger partial charge on any atom is 0.194 e. The third-order valence-corrected chi connectivity index (χ3v) is 4.01. The summed E-state index contributed by atoms with van der Waals surface area (Å²) in [4.78, 5) is 0. The Hall–Kier alpha value is -0.990. The number of hydrogen-bond acceptors (Lipinski definition) is 4. The Morgan fingerprint density at radius 1 is 1.61 bits per heavy atom. The van der Waals surface area contributed by atoms with Crippen LogP contribution in [0.25, 0.3) is 0 Å². The van der Waals surface area contributed by atoms with Crippen LogP contribution in [0.15, 0.2) is 16.9 Å². The lowest BCUT2D eigenvalue weighted by atomic mass is 9.93. The molecule has 8 heteroatoms. The first kappa shape index (κ1) is 12.1. The first-order valence-electron chi connectivity index (χ1n) is 5.49. The average molecular weight is 330 g/mol. The van der Waals surface area contributed by atoms with Gasteiger partial charge in [0.2, 0.25) is 0 Å². The highest BCUT2D eigenvalue weighted by Gasteiger charge is 2.42. The molecule has 1 saturated heterocycles. The molecule has 1 fully saturated rings. The molecule has 3 heterocycles. The number of H-pyrrole nitrogens is 1. The summed E-state index contributed by atoms with van der Waals surface area (Å²) < 4.78 is 10.8. The van der Waals surface area contributed by atoms with Crippen molar-refractivity contribution in [3.8, 4) is 0 Å². The van der Waals surface area contributed by atoms with Crippen LogP contribution >= 0.6 is 28.1 Å². The summed E-state index contributed by atoms with van der Waals surface area (Å²) in [5.41, 5.74) is -0.152. The number of nitrogens with zero attached hydrogens (tertiary/aromatic N) is 4. The molecule has 0 amide bonds. The summed E-state index contributed by atoms with van der Waals surface area (Å²) in [5.74, 6) is 0.912. The predicted molar refractivity (Wildman–Crippen MR) is 70.8 cm³/mol. The molecule has 0 unspecified atom stereocenters. The summed E-state index contributed by atoms with van der Waals surface area (Å²) in [6, 6.07) is 0. The molecule has 1 aliphatic heterocycles. The van der Waals surface area contributed by atoms with Crippen molar-refractivity contribution >= 4 is 28.1 Å². The van der Waals surface area contributed by atoms with Crippen molar-refractivity contribution in [2.45, 2.75) is 12.0 Å². The Morgan fingerprint density at radius 3 is 2.83 bits per heavy atom. The lowest BCUT2D eigenvalue weighted by Crippen LogP contribution is -2.54. The minimum Gasteiger partial charge on any atom is -0.376 e. The van der Waals surface area contributed by atoms with Crippen molar-refractivity contribution in [1.82, 2.24) is 24.5 Å². The molecule has 1 N–H and O–H groups in total. The lowest BCUT2D eigenvalue weighted by Gasteiger charge is -2.41. The minimum atomic E-state index is -0.152.